The highest BCUT2D eigenvalue weighted by Crippen LogP contribution is 2.27. The van der Waals surface area contributed by atoms with Crippen LogP contribution in [0.4, 0.5) is 5.69 Å². The minimum Gasteiger partial charge on any atom is -0.378 e. The molecule has 0 spiro atoms. The average molecular weight is 390 g/mol. The molecule has 142 valence electrons. The number of rotatable bonds is 5. The molecule has 4 aromatic rings. The van der Waals surface area contributed by atoms with E-state index in [1.54, 1.807) is 11.3 Å². The highest BCUT2D eigenvalue weighted by atomic mass is 32.1. The lowest BCUT2D eigenvalue weighted by molar-refractivity contribution is -0.665. The van der Waals surface area contributed by atoms with Crippen LogP contribution in [0.2, 0.25) is 0 Å². The summed E-state index contributed by atoms with van der Waals surface area (Å²) in [6.07, 6.45) is 4.40. The number of aromatic nitrogens is 3. The first-order valence-electron chi connectivity index (χ1n) is 9.51. The van der Waals surface area contributed by atoms with Gasteiger partial charge in [-0.3, -0.25) is 0 Å². The van der Waals surface area contributed by atoms with Crippen LogP contribution in [0.5, 0.6) is 0 Å². The molecule has 0 saturated heterocycles. The zero-order chi connectivity index (χ0) is 19.7. The molecule has 2 aromatic carbocycles. The van der Waals surface area contributed by atoms with Gasteiger partial charge in [-0.2, -0.15) is 9.67 Å². The highest BCUT2D eigenvalue weighted by molar-refractivity contribution is 7.18. The molecule has 0 fully saturated rings. The van der Waals surface area contributed by atoms with Crippen LogP contribution in [0, 0.1) is 6.92 Å². The normalized spacial score (nSPS) is 11.6. The van der Waals surface area contributed by atoms with Crippen LogP contribution in [0.25, 0.3) is 28.2 Å². The summed E-state index contributed by atoms with van der Waals surface area (Å²) in [6, 6.07) is 19.0. The molecule has 0 N–H and O–H groups in total. The first-order valence-corrected chi connectivity index (χ1v) is 10.3. The SMILES string of the molecule is CC[n+]1c(C=Cc2ccc(N(C)C)cc2)sc2c1c(C)nn2-c1ccccc1. The minimum absolute atomic E-state index is 0.917. The van der Waals surface area contributed by atoms with Crippen molar-refractivity contribution in [2.24, 2.45) is 0 Å². The molecule has 0 unspecified atom stereocenters. The molecular formula is C23H25N4S+. The predicted molar refractivity (Wildman–Crippen MR) is 119 cm³/mol. The quantitative estimate of drug-likeness (QED) is 0.452. The maximum Gasteiger partial charge on any atom is 0.266 e. The summed E-state index contributed by atoms with van der Waals surface area (Å²) in [4.78, 5) is 3.30. The summed E-state index contributed by atoms with van der Waals surface area (Å²) >= 11 is 1.79. The number of benzene rings is 2. The maximum absolute atomic E-state index is 4.79. The Labute approximate surface area is 170 Å². The summed E-state index contributed by atoms with van der Waals surface area (Å²) in [6.45, 7) is 5.20. The molecule has 0 aliphatic carbocycles. The first kappa shape index (κ1) is 18.4. The third-order valence-corrected chi connectivity index (χ3v) is 5.99. The molecule has 2 aromatic heterocycles. The smallest absolute Gasteiger partial charge is 0.266 e. The van der Waals surface area contributed by atoms with Gasteiger partial charge in [0.15, 0.2) is 4.83 Å². The van der Waals surface area contributed by atoms with Crippen molar-refractivity contribution in [2.45, 2.75) is 20.4 Å². The van der Waals surface area contributed by atoms with E-state index in [-0.39, 0.29) is 0 Å². The van der Waals surface area contributed by atoms with Crippen molar-refractivity contribution in [3.63, 3.8) is 0 Å². The number of fused-ring (bicyclic) bond motifs is 1. The van der Waals surface area contributed by atoms with Crippen molar-refractivity contribution in [3.8, 4) is 5.69 Å². The van der Waals surface area contributed by atoms with Gasteiger partial charge in [-0.25, -0.2) is 4.68 Å². The Bertz CT molecular complexity index is 1120. The van der Waals surface area contributed by atoms with Crippen LogP contribution in [-0.4, -0.2) is 23.9 Å². The molecule has 0 amide bonds. The standard InChI is InChI=1S/C23H25N4S/c1-5-26-21(16-13-18-11-14-19(15-12-18)25(3)4)28-23-22(26)17(2)24-27(23)20-9-7-6-8-10-20/h6-16H,5H2,1-4H3/q+1. The van der Waals surface area contributed by atoms with Gasteiger partial charge in [-0.05, 0) is 61.1 Å². The van der Waals surface area contributed by atoms with Crippen LogP contribution in [0.3, 0.4) is 0 Å². The van der Waals surface area contributed by atoms with Crippen LogP contribution < -0.4 is 9.47 Å². The second-order valence-electron chi connectivity index (χ2n) is 6.99. The van der Waals surface area contributed by atoms with Crippen LogP contribution >= 0.6 is 11.3 Å². The van der Waals surface area contributed by atoms with Crippen LogP contribution in [-0.2, 0) is 6.54 Å². The molecular weight excluding hydrogens is 364 g/mol. The van der Waals surface area contributed by atoms with E-state index in [1.165, 1.54) is 26.6 Å². The van der Waals surface area contributed by atoms with Gasteiger partial charge >= 0.3 is 0 Å². The number of aryl methyl sites for hydroxylation is 2. The molecule has 0 radical (unpaired) electrons. The zero-order valence-corrected chi connectivity index (χ0v) is 17.6. The number of nitrogens with zero attached hydrogens (tertiary/aromatic N) is 4. The van der Waals surface area contributed by atoms with Crippen molar-refractivity contribution in [3.05, 3.63) is 70.9 Å². The Kier molecular flexibility index (Phi) is 5.01. The third kappa shape index (κ3) is 3.34. The summed E-state index contributed by atoms with van der Waals surface area (Å²) in [7, 11) is 4.12. The lowest BCUT2D eigenvalue weighted by Crippen LogP contribution is -2.33. The van der Waals surface area contributed by atoms with Crippen LogP contribution in [0.15, 0.2) is 54.6 Å². The monoisotopic (exact) mass is 389 g/mol. The molecule has 2 heterocycles. The second-order valence-corrected chi connectivity index (χ2v) is 8.00. The molecule has 5 heteroatoms. The van der Waals surface area contributed by atoms with Gasteiger partial charge in [-0.1, -0.05) is 30.3 Å². The van der Waals surface area contributed by atoms with Crippen molar-refractivity contribution >= 4 is 39.5 Å². The number of para-hydroxylation sites is 1. The molecule has 0 saturated carbocycles. The van der Waals surface area contributed by atoms with E-state index in [2.05, 4.69) is 103 Å². The number of hydrogen-bond acceptors (Lipinski definition) is 3. The van der Waals surface area contributed by atoms with E-state index in [0.717, 1.165) is 17.9 Å². The fourth-order valence-electron chi connectivity index (χ4n) is 3.40. The van der Waals surface area contributed by atoms with Gasteiger partial charge in [0.2, 0.25) is 0 Å². The summed E-state index contributed by atoms with van der Waals surface area (Å²) in [5.41, 5.74) is 5.79. The van der Waals surface area contributed by atoms with Crippen molar-refractivity contribution in [1.82, 2.24) is 9.78 Å². The molecule has 0 bridgehead atoms. The Morgan fingerprint density at radius 3 is 2.39 bits per heavy atom. The summed E-state index contributed by atoms with van der Waals surface area (Å²) < 4.78 is 4.41. The van der Waals surface area contributed by atoms with Crippen molar-refractivity contribution in [2.75, 3.05) is 19.0 Å². The number of thiazole rings is 1. The molecule has 0 atom stereocenters. The number of anilines is 1. The van der Waals surface area contributed by atoms with E-state index < -0.39 is 0 Å². The van der Waals surface area contributed by atoms with Gasteiger partial charge < -0.3 is 4.90 Å². The van der Waals surface area contributed by atoms with Crippen LogP contribution in [0.1, 0.15) is 23.2 Å². The summed E-state index contributed by atoms with van der Waals surface area (Å²) in [5, 5.41) is 6.03. The second kappa shape index (κ2) is 7.60. The fraction of sp³-hybridized carbons (Fsp3) is 0.217. The lowest BCUT2D eigenvalue weighted by atomic mass is 10.2. The Balaban J connectivity index is 1.75. The van der Waals surface area contributed by atoms with Crippen molar-refractivity contribution in [1.29, 1.82) is 0 Å². The van der Waals surface area contributed by atoms with Gasteiger partial charge in [0.05, 0.1) is 5.69 Å². The van der Waals surface area contributed by atoms with E-state index in [9.17, 15) is 0 Å². The molecule has 4 rings (SSSR count). The van der Waals surface area contributed by atoms with Crippen molar-refractivity contribution < 1.29 is 4.57 Å². The lowest BCUT2D eigenvalue weighted by Gasteiger charge is -2.11. The topological polar surface area (TPSA) is 24.9 Å². The predicted octanol–water partition coefficient (Wildman–Crippen LogP) is 4.94. The summed E-state index contributed by atoms with van der Waals surface area (Å²) in [5.74, 6) is 0. The molecule has 0 aliphatic heterocycles. The number of hydrogen-bond donors (Lipinski definition) is 0. The molecule has 4 nitrogen and oxygen atoms in total. The molecule has 28 heavy (non-hydrogen) atoms. The average Bonchev–Trinajstić information content (AvgIpc) is 3.24. The van der Waals surface area contributed by atoms with E-state index in [0.29, 0.717) is 0 Å². The molecule has 0 aliphatic rings. The third-order valence-electron chi connectivity index (χ3n) is 4.87. The van der Waals surface area contributed by atoms with E-state index >= 15 is 0 Å². The Morgan fingerprint density at radius 1 is 1.04 bits per heavy atom. The largest absolute Gasteiger partial charge is 0.378 e. The minimum atomic E-state index is 0.917. The fourth-order valence-corrected chi connectivity index (χ4v) is 4.65. The van der Waals surface area contributed by atoms with Gasteiger partial charge in [0, 0.05) is 25.9 Å². The highest BCUT2D eigenvalue weighted by Gasteiger charge is 2.25. The Hall–Kier alpha value is -2.92. The first-order chi connectivity index (χ1) is 13.6. The zero-order valence-electron chi connectivity index (χ0n) is 16.8. The Morgan fingerprint density at radius 2 is 1.75 bits per heavy atom. The van der Waals surface area contributed by atoms with E-state index in [1.807, 2.05) is 6.07 Å². The van der Waals surface area contributed by atoms with E-state index in [4.69, 9.17) is 5.10 Å². The van der Waals surface area contributed by atoms with Gasteiger partial charge in [0.25, 0.3) is 10.5 Å². The van der Waals surface area contributed by atoms with Gasteiger partial charge in [0.1, 0.15) is 12.2 Å². The maximum atomic E-state index is 4.79. The van der Waals surface area contributed by atoms with Gasteiger partial charge in [-0.15, -0.1) is 0 Å².